The van der Waals surface area contributed by atoms with Crippen molar-refractivity contribution >= 4 is 35.3 Å². The molecule has 0 amide bonds. The van der Waals surface area contributed by atoms with Gasteiger partial charge >= 0.3 is 0 Å². The number of nitrogens with zero attached hydrogens (tertiary/aromatic N) is 3. The summed E-state index contributed by atoms with van der Waals surface area (Å²) in [6.07, 6.45) is 1.77. The van der Waals surface area contributed by atoms with Crippen LogP contribution in [0.25, 0.3) is 28.0 Å². The highest BCUT2D eigenvalue weighted by Gasteiger charge is 2.23. The van der Waals surface area contributed by atoms with Gasteiger partial charge in [0.25, 0.3) is 0 Å². The molecule has 5 rings (SSSR count). The summed E-state index contributed by atoms with van der Waals surface area (Å²) in [7, 11) is 0. The number of hydrogen-bond donors (Lipinski definition) is 2. The molecule has 0 spiro atoms. The summed E-state index contributed by atoms with van der Waals surface area (Å²) >= 11 is 10.9. The Labute approximate surface area is 182 Å². The molecule has 30 heavy (non-hydrogen) atoms. The summed E-state index contributed by atoms with van der Waals surface area (Å²) < 4.78 is 15.5. The van der Waals surface area contributed by atoms with Crippen LogP contribution in [-0.2, 0) is 0 Å². The molecular formula is C23H16ClFN4S. The summed E-state index contributed by atoms with van der Waals surface area (Å²) in [6.45, 7) is 0. The van der Waals surface area contributed by atoms with E-state index in [0.29, 0.717) is 16.7 Å². The number of fused-ring (bicyclic) bond motifs is 1. The molecular weight excluding hydrogens is 419 g/mol. The van der Waals surface area contributed by atoms with E-state index >= 15 is 0 Å². The monoisotopic (exact) mass is 434 g/mol. The fourth-order valence-corrected chi connectivity index (χ4v) is 3.90. The molecule has 148 valence electrons. The van der Waals surface area contributed by atoms with Gasteiger partial charge in [-0.1, -0.05) is 23.7 Å². The first-order valence-electron chi connectivity index (χ1n) is 9.32. The van der Waals surface area contributed by atoms with Crippen LogP contribution >= 0.6 is 24.2 Å². The van der Waals surface area contributed by atoms with Crippen molar-refractivity contribution in [1.82, 2.24) is 19.5 Å². The van der Waals surface area contributed by atoms with Gasteiger partial charge in [-0.05, 0) is 60.7 Å². The number of para-hydroxylation sites is 2. The quantitative estimate of drug-likeness (QED) is 0.329. The van der Waals surface area contributed by atoms with E-state index in [-0.39, 0.29) is 5.82 Å². The van der Waals surface area contributed by atoms with E-state index in [2.05, 4.69) is 15.0 Å². The Bertz CT molecular complexity index is 1290. The standard InChI is InChI=1S/C23H16ClFN4S/c24-15-7-11-17(12-8-15)29-20(14-5-9-16(25)10-6-14)13-26-23(29)21(30)22-27-18-3-1-2-4-19(18)28-22/h1-13,21,30H,(H,27,28). The number of imidazole rings is 2. The zero-order valence-electron chi connectivity index (χ0n) is 15.6. The first kappa shape index (κ1) is 18.9. The Morgan fingerprint density at radius 3 is 2.43 bits per heavy atom. The van der Waals surface area contributed by atoms with Gasteiger partial charge in [0.05, 0.1) is 22.9 Å². The van der Waals surface area contributed by atoms with Gasteiger partial charge in [-0.2, -0.15) is 12.6 Å². The SMILES string of the molecule is Fc1ccc(-c2cnc(C(S)c3nc4ccccc4[nH]3)n2-c2ccc(Cl)cc2)cc1. The summed E-state index contributed by atoms with van der Waals surface area (Å²) in [4.78, 5) is 12.7. The van der Waals surface area contributed by atoms with Crippen molar-refractivity contribution in [3.63, 3.8) is 0 Å². The summed E-state index contributed by atoms with van der Waals surface area (Å²) in [5.74, 6) is 1.11. The largest absolute Gasteiger partial charge is 0.341 e. The van der Waals surface area contributed by atoms with Gasteiger partial charge in [-0.3, -0.25) is 4.57 Å². The van der Waals surface area contributed by atoms with Crippen molar-refractivity contribution in [2.45, 2.75) is 5.25 Å². The molecule has 7 heteroatoms. The van der Waals surface area contributed by atoms with Crippen LogP contribution in [0.1, 0.15) is 16.9 Å². The molecule has 3 aromatic carbocycles. The van der Waals surface area contributed by atoms with Crippen LogP contribution in [0, 0.1) is 5.82 Å². The maximum Gasteiger partial charge on any atom is 0.134 e. The van der Waals surface area contributed by atoms with E-state index in [4.69, 9.17) is 24.2 Å². The third kappa shape index (κ3) is 3.38. The van der Waals surface area contributed by atoms with Crippen LogP contribution in [0.3, 0.4) is 0 Å². The third-order valence-corrected chi connectivity index (χ3v) is 5.65. The van der Waals surface area contributed by atoms with E-state index in [1.807, 2.05) is 53.1 Å². The Kier molecular flexibility index (Phi) is 4.81. The predicted molar refractivity (Wildman–Crippen MR) is 121 cm³/mol. The topological polar surface area (TPSA) is 46.5 Å². The minimum absolute atomic E-state index is 0.286. The van der Waals surface area contributed by atoms with Crippen molar-refractivity contribution in [3.05, 3.63) is 101 Å². The minimum Gasteiger partial charge on any atom is -0.341 e. The molecule has 0 fully saturated rings. The van der Waals surface area contributed by atoms with E-state index < -0.39 is 5.25 Å². The molecule has 0 aliphatic carbocycles. The maximum atomic E-state index is 13.5. The van der Waals surface area contributed by atoms with Gasteiger partial charge in [0.1, 0.15) is 22.7 Å². The number of rotatable bonds is 4. The van der Waals surface area contributed by atoms with Gasteiger partial charge in [-0.25, -0.2) is 14.4 Å². The summed E-state index contributed by atoms with van der Waals surface area (Å²) in [5.41, 5.74) is 4.35. The normalized spacial score (nSPS) is 12.4. The molecule has 0 radical (unpaired) electrons. The number of thiol groups is 1. The summed E-state index contributed by atoms with van der Waals surface area (Å²) in [6, 6.07) is 21.6. The Morgan fingerprint density at radius 1 is 0.967 bits per heavy atom. The smallest absolute Gasteiger partial charge is 0.134 e. The highest BCUT2D eigenvalue weighted by Crippen LogP contribution is 2.33. The number of benzene rings is 3. The molecule has 4 nitrogen and oxygen atoms in total. The average molecular weight is 435 g/mol. The molecule has 0 aliphatic heterocycles. The van der Waals surface area contributed by atoms with Crippen molar-refractivity contribution in [1.29, 1.82) is 0 Å². The second-order valence-corrected chi connectivity index (χ2v) is 7.81. The number of hydrogen-bond acceptors (Lipinski definition) is 3. The number of halogens is 2. The number of aromatic nitrogens is 4. The first-order valence-corrected chi connectivity index (χ1v) is 10.2. The van der Waals surface area contributed by atoms with E-state index in [0.717, 1.165) is 28.0 Å². The first-order chi connectivity index (χ1) is 14.6. The lowest BCUT2D eigenvalue weighted by Gasteiger charge is -2.15. The fourth-order valence-electron chi connectivity index (χ4n) is 3.47. The molecule has 2 aromatic heterocycles. The lowest BCUT2D eigenvalue weighted by Crippen LogP contribution is -2.07. The molecule has 1 atom stereocenters. The van der Waals surface area contributed by atoms with Gasteiger partial charge in [0, 0.05) is 16.3 Å². The third-order valence-electron chi connectivity index (χ3n) is 4.93. The van der Waals surface area contributed by atoms with Crippen molar-refractivity contribution in [3.8, 4) is 16.9 Å². The van der Waals surface area contributed by atoms with Crippen LogP contribution in [0.4, 0.5) is 4.39 Å². The lowest BCUT2D eigenvalue weighted by molar-refractivity contribution is 0.628. The highest BCUT2D eigenvalue weighted by molar-refractivity contribution is 7.80. The zero-order valence-corrected chi connectivity index (χ0v) is 17.3. The number of aromatic amines is 1. The van der Waals surface area contributed by atoms with E-state index in [9.17, 15) is 4.39 Å². The molecule has 1 N–H and O–H groups in total. The van der Waals surface area contributed by atoms with E-state index in [1.165, 1.54) is 12.1 Å². The molecule has 2 heterocycles. The van der Waals surface area contributed by atoms with Gasteiger partial charge in [-0.15, -0.1) is 0 Å². The van der Waals surface area contributed by atoms with Gasteiger partial charge in [0.15, 0.2) is 0 Å². The van der Waals surface area contributed by atoms with Crippen LogP contribution in [0.15, 0.2) is 79.0 Å². The minimum atomic E-state index is -0.401. The van der Waals surface area contributed by atoms with Crippen molar-refractivity contribution in [2.24, 2.45) is 0 Å². The second-order valence-electron chi connectivity index (χ2n) is 6.86. The van der Waals surface area contributed by atoms with Crippen LogP contribution in [0.5, 0.6) is 0 Å². The second kappa shape index (κ2) is 7.63. The molecule has 0 saturated heterocycles. The average Bonchev–Trinajstić information content (AvgIpc) is 3.39. The zero-order chi connectivity index (χ0) is 20.7. The highest BCUT2D eigenvalue weighted by atomic mass is 35.5. The number of H-pyrrole nitrogens is 1. The Morgan fingerprint density at radius 2 is 1.70 bits per heavy atom. The molecule has 0 aliphatic rings. The van der Waals surface area contributed by atoms with Crippen LogP contribution in [0.2, 0.25) is 5.02 Å². The van der Waals surface area contributed by atoms with Crippen LogP contribution in [-0.4, -0.2) is 19.5 Å². The molecule has 1 unspecified atom stereocenters. The fraction of sp³-hybridized carbons (Fsp3) is 0.0435. The Balaban J connectivity index is 1.67. The van der Waals surface area contributed by atoms with Gasteiger partial charge in [0.2, 0.25) is 0 Å². The molecule has 0 bridgehead atoms. The van der Waals surface area contributed by atoms with Crippen LogP contribution < -0.4 is 0 Å². The molecule has 0 saturated carbocycles. The van der Waals surface area contributed by atoms with Gasteiger partial charge < -0.3 is 4.98 Å². The maximum absolute atomic E-state index is 13.5. The van der Waals surface area contributed by atoms with E-state index in [1.54, 1.807) is 18.3 Å². The van der Waals surface area contributed by atoms with Crippen molar-refractivity contribution < 1.29 is 4.39 Å². The molecule has 5 aromatic rings. The Hall–Kier alpha value is -3.09. The lowest BCUT2D eigenvalue weighted by atomic mass is 10.1. The summed E-state index contributed by atoms with van der Waals surface area (Å²) in [5, 5.41) is 0.241. The van der Waals surface area contributed by atoms with Crippen molar-refractivity contribution in [2.75, 3.05) is 0 Å². The predicted octanol–water partition coefficient (Wildman–Crippen LogP) is 6.23. The number of nitrogens with one attached hydrogen (secondary N) is 1.